The highest BCUT2D eigenvalue weighted by molar-refractivity contribution is 9.39. The van der Waals surface area contributed by atoms with Crippen molar-refractivity contribution in [1.29, 1.82) is 0 Å². The van der Waals surface area contributed by atoms with E-state index in [0.29, 0.717) is 0 Å². The van der Waals surface area contributed by atoms with E-state index in [1.165, 1.54) is 0 Å². The first-order valence-corrected chi connectivity index (χ1v) is 4.69. The highest BCUT2D eigenvalue weighted by Gasteiger charge is 2.19. The van der Waals surface area contributed by atoms with Gasteiger partial charge >= 0.3 is 5.97 Å². The monoisotopic (exact) mass is 334 g/mol. The number of carbonyl (C=O) groups is 1. The van der Waals surface area contributed by atoms with Crippen LogP contribution < -0.4 is 0 Å². The summed E-state index contributed by atoms with van der Waals surface area (Å²) in [5, 5.41) is 0. The minimum absolute atomic E-state index is 0.192. The van der Waals surface area contributed by atoms with Gasteiger partial charge in [-0.05, 0) is 0 Å². The summed E-state index contributed by atoms with van der Waals surface area (Å²) in [6.45, 7) is 3.43. The molecule has 0 saturated heterocycles. The normalized spacial score (nSPS) is 10.7. The molecule has 0 aliphatic carbocycles. The lowest BCUT2D eigenvalue weighted by Crippen LogP contribution is -2.13. The topological polar surface area (TPSA) is 26.3 Å². The van der Waals surface area contributed by atoms with Crippen LogP contribution in [0, 0.1) is 0 Å². The molecule has 0 atom stereocenters. The first-order valence-electron chi connectivity index (χ1n) is 2.31. The van der Waals surface area contributed by atoms with Crippen molar-refractivity contribution in [3.05, 3.63) is 12.7 Å². The summed E-state index contributed by atoms with van der Waals surface area (Å²) in [5.41, 5.74) is 0. The van der Waals surface area contributed by atoms with Gasteiger partial charge in [0.2, 0.25) is 0 Å². The maximum absolute atomic E-state index is 10.5. The number of halogens is 3. The predicted octanol–water partition coefficient (Wildman–Crippen LogP) is 2.55. The van der Waals surface area contributed by atoms with Gasteiger partial charge in [-0.25, -0.2) is 4.79 Å². The highest BCUT2D eigenvalue weighted by atomic mass is 80.0. The quantitative estimate of drug-likeness (QED) is 0.440. The van der Waals surface area contributed by atoms with Crippen LogP contribution >= 0.6 is 47.8 Å². The Hall–Kier alpha value is 0.650. The lowest BCUT2D eigenvalue weighted by atomic mass is 10.6. The summed E-state index contributed by atoms with van der Waals surface area (Å²) in [7, 11) is 0. The number of ether oxygens (including phenoxy) is 1. The molecule has 58 valence electrons. The molecule has 0 spiro atoms. The van der Waals surface area contributed by atoms with E-state index in [4.69, 9.17) is 0 Å². The maximum Gasteiger partial charge on any atom is 0.330 e. The molecule has 5 heteroatoms. The van der Waals surface area contributed by atoms with Crippen LogP contribution in [0.5, 0.6) is 0 Å². The van der Waals surface area contributed by atoms with Gasteiger partial charge in [0.1, 0.15) is 6.61 Å². The molecule has 0 aromatic heterocycles. The molecule has 0 radical (unpaired) electrons. The van der Waals surface area contributed by atoms with Crippen LogP contribution in [0.3, 0.4) is 0 Å². The molecule has 0 aromatic carbocycles. The lowest BCUT2D eigenvalue weighted by Gasteiger charge is -2.10. The summed E-state index contributed by atoms with van der Waals surface area (Å²) in [6.07, 6.45) is 1.11. The van der Waals surface area contributed by atoms with Gasteiger partial charge in [-0.1, -0.05) is 54.4 Å². The van der Waals surface area contributed by atoms with Gasteiger partial charge in [-0.3, -0.25) is 0 Å². The fourth-order valence-electron chi connectivity index (χ4n) is 0.212. The Balaban J connectivity index is 3.55. The largest absolute Gasteiger partial charge is 0.459 e. The van der Waals surface area contributed by atoms with E-state index < -0.39 is 8.11 Å². The molecule has 0 aliphatic heterocycles. The third-order valence-electron chi connectivity index (χ3n) is 0.545. The van der Waals surface area contributed by atoms with Crippen molar-refractivity contribution in [2.75, 3.05) is 6.61 Å². The van der Waals surface area contributed by atoms with E-state index in [2.05, 4.69) is 59.1 Å². The Morgan fingerprint density at radius 3 is 2.40 bits per heavy atom. The van der Waals surface area contributed by atoms with Crippen molar-refractivity contribution in [3.63, 3.8) is 0 Å². The smallest absolute Gasteiger partial charge is 0.330 e. The molecule has 0 heterocycles. The van der Waals surface area contributed by atoms with Gasteiger partial charge in [0, 0.05) is 6.08 Å². The molecule has 0 rings (SSSR count). The Morgan fingerprint density at radius 2 is 2.10 bits per heavy atom. The van der Waals surface area contributed by atoms with Crippen LogP contribution in [0.1, 0.15) is 0 Å². The van der Waals surface area contributed by atoms with Gasteiger partial charge in [-0.15, -0.1) is 0 Å². The second kappa shape index (κ2) is 4.51. The van der Waals surface area contributed by atoms with Crippen LogP contribution in [-0.4, -0.2) is 14.7 Å². The predicted molar refractivity (Wildman–Crippen MR) is 50.7 cm³/mol. The number of alkyl halides is 3. The molecular weight excluding hydrogens is 332 g/mol. The zero-order chi connectivity index (χ0) is 8.20. The fraction of sp³-hybridized carbons (Fsp3) is 0.400. The lowest BCUT2D eigenvalue weighted by molar-refractivity contribution is -0.137. The SMILES string of the molecule is C=CC(=O)OCC(Br)(Br)Br. The van der Waals surface area contributed by atoms with E-state index in [1.807, 2.05) is 0 Å². The maximum atomic E-state index is 10.5. The standard InChI is InChI=1S/C5H5Br3O2/c1-2-4(9)10-3-5(6,7)8/h2H,1,3H2. The number of esters is 1. The van der Waals surface area contributed by atoms with Crippen molar-refractivity contribution in [1.82, 2.24) is 0 Å². The molecule has 0 aromatic rings. The summed E-state index contributed by atoms with van der Waals surface area (Å²) >= 11 is 9.47. The van der Waals surface area contributed by atoms with E-state index in [-0.39, 0.29) is 6.61 Å². The van der Waals surface area contributed by atoms with Gasteiger partial charge in [0.25, 0.3) is 0 Å². The van der Waals surface area contributed by atoms with E-state index >= 15 is 0 Å². The number of hydrogen-bond acceptors (Lipinski definition) is 2. The number of rotatable bonds is 2. The van der Waals surface area contributed by atoms with Crippen LogP contribution in [0.25, 0.3) is 0 Å². The van der Waals surface area contributed by atoms with Gasteiger partial charge in [0.05, 0.1) is 0 Å². The van der Waals surface area contributed by atoms with E-state index in [1.54, 1.807) is 0 Å². The molecule has 2 nitrogen and oxygen atoms in total. The van der Waals surface area contributed by atoms with Crippen molar-refractivity contribution < 1.29 is 9.53 Å². The summed E-state index contributed by atoms with van der Waals surface area (Å²) in [4.78, 5) is 10.5. The second-order valence-electron chi connectivity index (χ2n) is 1.43. The summed E-state index contributed by atoms with van der Waals surface area (Å²) < 4.78 is 4.14. The molecule has 0 aliphatic rings. The molecule has 0 fully saturated rings. The van der Waals surface area contributed by atoms with Crippen molar-refractivity contribution in [3.8, 4) is 0 Å². The zero-order valence-electron chi connectivity index (χ0n) is 4.94. The molecule has 0 bridgehead atoms. The van der Waals surface area contributed by atoms with E-state index in [0.717, 1.165) is 6.08 Å². The average Bonchev–Trinajstić information content (AvgIpc) is 1.81. The molecular formula is C5H5Br3O2. The van der Waals surface area contributed by atoms with E-state index in [9.17, 15) is 4.79 Å². The Morgan fingerprint density at radius 1 is 1.60 bits per heavy atom. The third kappa shape index (κ3) is 6.77. The Labute approximate surface area is 84.4 Å². The number of carbonyl (C=O) groups excluding carboxylic acids is 1. The van der Waals surface area contributed by atoms with Crippen molar-refractivity contribution in [2.24, 2.45) is 0 Å². The molecule has 10 heavy (non-hydrogen) atoms. The van der Waals surface area contributed by atoms with Crippen LogP contribution in [0.2, 0.25) is 0 Å². The van der Waals surface area contributed by atoms with Gasteiger partial charge in [-0.2, -0.15) is 0 Å². The molecule has 0 N–H and O–H groups in total. The first kappa shape index (κ1) is 10.7. The van der Waals surface area contributed by atoms with Gasteiger partial charge < -0.3 is 4.74 Å². The van der Waals surface area contributed by atoms with Gasteiger partial charge in [0.15, 0.2) is 2.14 Å². The van der Waals surface area contributed by atoms with Crippen molar-refractivity contribution in [2.45, 2.75) is 2.14 Å². The minimum atomic E-state index is -0.522. The Bertz CT molecular complexity index is 138. The van der Waals surface area contributed by atoms with Crippen LogP contribution in [-0.2, 0) is 9.53 Å². The fourth-order valence-corrected chi connectivity index (χ4v) is 0.555. The Kier molecular flexibility index (Phi) is 4.81. The van der Waals surface area contributed by atoms with Crippen molar-refractivity contribution >= 4 is 53.8 Å². The third-order valence-corrected chi connectivity index (χ3v) is 1.23. The number of hydrogen-bond donors (Lipinski definition) is 0. The first-order chi connectivity index (χ1) is 4.45. The molecule has 0 unspecified atom stereocenters. The zero-order valence-corrected chi connectivity index (χ0v) is 9.70. The minimum Gasteiger partial charge on any atom is -0.459 e. The highest BCUT2D eigenvalue weighted by Crippen LogP contribution is 2.33. The van der Waals surface area contributed by atoms with Crippen LogP contribution in [0.4, 0.5) is 0 Å². The molecule has 0 saturated carbocycles. The average molecular weight is 337 g/mol. The second-order valence-corrected chi connectivity index (χ2v) is 8.68. The summed E-state index contributed by atoms with van der Waals surface area (Å²) in [6, 6.07) is 0. The summed E-state index contributed by atoms with van der Waals surface area (Å²) in [5.74, 6) is -0.442. The van der Waals surface area contributed by atoms with Crippen LogP contribution in [0.15, 0.2) is 12.7 Å². The molecule has 0 amide bonds.